The molecule has 1 saturated heterocycles. The number of aliphatic hydroxyl groups is 1. The molecule has 19 heavy (non-hydrogen) atoms. The average Bonchev–Trinajstić information content (AvgIpc) is 3.28. The molecule has 1 N–H and O–H groups in total. The molecule has 2 aromatic rings. The van der Waals surface area contributed by atoms with Crippen molar-refractivity contribution in [3.63, 3.8) is 0 Å². The maximum Gasteiger partial charge on any atom is 0.0957 e. The van der Waals surface area contributed by atoms with E-state index >= 15 is 0 Å². The molecule has 2 nitrogen and oxygen atoms in total. The van der Waals surface area contributed by atoms with Gasteiger partial charge in [0, 0.05) is 12.6 Å². The highest BCUT2D eigenvalue weighted by molar-refractivity contribution is 5.24. The summed E-state index contributed by atoms with van der Waals surface area (Å²) in [7, 11) is 0. The lowest BCUT2D eigenvalue weighted by molar-refractivity contribution is 0.151. The first kappa shape index (κ1) is 12.4. The zero-order valence-corrected chi connectivity index (χ0v) is 11.1. The normalized spacial score (nSPS) is 24.7. The Bertz CT molecular complexity index is 476. The molecule has 0 bridgehead atoms. The summed E-state index contributed by atoms with van der Waals surface area (Å²) >= 11 is 0. The van der Waals surface area contributed by atoms with Crippen LogP contribution in [-0.4, -0.2) is 22.6 Å². The molecular weight excluding hydrogens is 234 g/mol. The Morgan fingerprint density at radius 2 is 1.47 bits per heavy atom. The standard InChI is InChI=1S/C17H19NO/c1-13(14-8-4-2-5-9-14)18-12-16(18)17(19)15-10-6-3-7-11-15/h2-11,13,16-17,19H,12H2,1H3/t13-,16+,17+,18?/m1/s1. The summed E-state index contributed by atoms with van der Waals surface area (Å²) < 4.78 is 0. The van der Waals surface area contributed by atoms with Gasteiger partial charge >= 0.3 is 0 Å². The fraction of sp³-hybridized carbons (Fsp3) is 0.294. The summed E-state index contributed by atoms with van der Waals surface area (Å²) in [5.41, 5.74) is 2.32. The van der Waals surface area contributed by atoms with E-state index in [1.54, 1.807) is 0 Å². The monoisotopic (exact) mass is 253 g/mol. The third-order valence-electron chi connectivity index (χ3n) is 3.98. The zero-order valence-electron chi connectivity index (χ0n) is 11.1. The molecule has 2 heteroatoms. The molecule has 0 amide bonds. The van der Waals surface area contributed by atoms with E-state index in [9.17, 15) is 5.11 Å². The summed E-state index contributed by atoms with van der Waals surface area (Å²) in [6.07, 6.45) is -0.382. The van der Waals surface area contributed by atoms with E-state index in [2.05, 4.69) is 36.1 Å². The van der Waals surface area contributed by atoms with Crippen LogP contribution in [0.25, 0.3) is 0 Å². The molecule has 1 aliphatic rings. The second kappa shape index (κ2) is 5.16. The fourth-order valence-corrected chi connectivity index (χ4v) is 2.69. The van der Waals surface area contributed by atoms with Crippen LogP contribution in [0.4, 0.5) is 0 Å². The molecule has 0 radical (unpaired) electrons. The van der Waals surface area contributed by atoms with E-state index in [0.717, 1.165) is 12.1 Å². The van der Waals surface area contributed by atoms with E-state index in [1.807, 2.05) is 36.4 Å². The molecule has 1 heterocycles. The van der Waals surface area contributed by atoms with Crippen molar-refractivity contribution in [3.8, 4) is 0 Å². The molecule has 0 aromatic heterocycles. The second-order valence-corrected chi connectivity index (χ2v) is 5.21. The van der Waals surface area contributed by atoms with Gasteiger partial charge in [-0.05, 0) is 18.1 Å². The number of aliphatic hydroxyl groups excluding tert-OH is 1. The molecule has 0 saturated carbocycles. The number of benzene rings is 2. The maximum atomic E-state index is 10.4. The summed E-state index contributed by atoms with van der Waals surface area (Å²) in [4.78, 5) is 2.34. The molecule has 3 rings (SSSR count). The fourth-order valence-electron chi connectivity index (χ4n) is 2.69. The first-order chi connectivity index (χ1) is 9.27. The minimum atomic E-state index is -0.382. The van der Waals surface area contributed by atoms with Gasteiger partial charge in [0.05, 0.1) is 12.1 Å². The van der Waals surface area contributed by atoms with Crippen LogP contribution in [0.3, 0.4) is 0 Å². The van der Waals surface area contributed by atoms with Crippen molar-refractivity contribution in [2.24, 2.45) is 0 Å². The Morgan fingerprint density at radius 1 is 0.947 bits per heavy atom. The van der Waals surface area contributed by atoms with Crippen LogP contribution < -0.4 is 0 Å². The quantitative estimate of drug-likeness (QED) is 0.846. The molecule has 2 aromatic carbocycles. The van der Waals surface area contributed by atoms with Gasteiger partial charge in [0.2, 0.25) is 0 Å². The topological polar surface area (TPSA) is 23.2 Å². The first-order valence-electron chi connectivity index (χ1n) is 6.81. The van der Waals surface area contributed by atoms with Crippen molar-refractivity contribution in [1.82, 2.24) is 4.90 Å². The van der Waals surface area contributed by atoms with Gasteiger partial charge in [0.1, 0.15) is 0 Å². The molecule has 4 atom stereocenters. The Kier molecular flexibility index (Phi) is 3.36. The van der Waals surface area contributed by atoms with Crippen molar-refractivity contribution in [2.75, 3.05) is 6.54 Å². The van der Waals surface area contributed by atoms with Gasteiger partial charge in [-0.1, -0.05) is 60.7 Å². The number of nitrogens with zero attached hydrogens (tertiary/aromatic N) is 1. The summed E-state index contributed by atoms with van der Waals surface area (Å²) in [6, 6.07) is 21.0. The molecule has 0 aliphatic carbocycles. The van der Waals surface area contributed by atoms with Gasteiger partial charge in [-0.3, -0.25) is 4.90 Å². The van der Waals surface area contributed by atoms with E-state index in [-0.39, 0.29) is 12.1 Å². The molecular formula is C17H19NO. The second-order valence-electron chi connectivity index (χ2n) is 5.21. The lowest BCUT2D eigenvalue weighted by atomic mass is 10.1. The third-order valence-corrected chi connectivity index (χ3v) is 3.98. The van der Waals surface area contributed by atoms with Crippen LogP contribution in [0.1, 0.15) is 30.2 Å². The smallest absolute Gasteiger partial charge is 0.0957 e. The Balaban J connectivity index is 1.68. The van der Waals surface area contributed by atoms with E-state index in [0.29, 0.717) is 6.04 Å². The van der Waals surface area contributed by atoms with Gasteiger partial charge in [-0.15, -0.1) is 0 Å². The Labute approximate surface area is 114 Å². The van der Waals surface area contributed by atoms with Crippen LogP contribution in [-0.2, 0) is 0 Å². The summed E-state index contributed by atoms with van der Waals surface area (Å²) in [6.45, 7) is 3.17. The minimum absolute atomic E-state index is 0.248. The number of hydrogen-bond acceptors (Lipinski definition) is 2. The van der Waals surface area contributed by atoms with Crippen LogP contribution in [0, 0.1) is 0 Å². The highest BCUT2D eigenvalue weighted by atomic mass is 16.3. The third kappa shape index (κ3) is 2.55. The van der Waals surface area contributed by atoms with Crippen molar-refractivity contribution in [2.45, 2.75) is 25.1 Å². The molecule has 98 valence electrons. The Hall–Kier alpha value is -1.64. The average molecular weight is 253 g/mol. The van der Waals surface area contributed by atoms with Crippen molar-refractivity contribution in [3.05, 3.63) is 71.8 Å². The van der Waals surface area contributed by atoms with Gasteiger partial charge in [0.25, 0.3) is 0 Å². The van der Waals surface area contributed by atoms with Crippen LogP contribution in [0.5, 0.6) is 0 Å². The van der Waals surface area contributed by atoms with Crippen molar-refractivity contribution in [1.29, 1.82) is 0 Å². The lowest BCUT2D eigenvalue weighted by Gasteiger charge is -2.17. The lowest BCUT2D eigenvalue weighted by Crippen LogP contribution is -2.14. The molecule has 0 spiro atoms. The predicted molar refractivity (Wildman–Crippen MR) is 76.8 cm³/mol. The van der Waals surface area contributed by atoms with Gasteiger partial charge in [-0.25, -0.2) is 0 Å². The highest BCUT2D eigenvalue weighted by Crippen LogP contribution is 2.38. The van der Waals surface area contributed by atoms with Crippen molar-refractivity contribution >= 4 is 0 Å². The first-order valence-corrected chi connectivity index (χ1v) is 6.81. The van der Waals surface area contributed by atoms with Crippen molar-refractivity contribution < 1.29 is 5.11 Å². The van der Waals surface area contributed by atoms with Crippen LogP contribution in [0.15, 0.2) is 60.7 Å². The minimum Gasteiger partial charge on any atom is -0.387 e. The number of hydrogen-bond donors (Lipinski definition) is 1. The largest absolute Gasteiger partial charge is 0.387 e. The highest BCUT2D eigenvalue weighted by Gasteiger charge is 2.43. The SMILES string of the molecule is C[C@H](c1ccccc1)N1C[C@H]1[C@@H](O)c1ccccc1. The van der Waals surface area contributed by atoms with Gasteiger partial charge < -0.3 is 5.11 Å². The summed E-state index contributed by atoms with van der Waals surface area (Å²) in [5.74, 6) is 0. The number of rotatable bonds is 4. The maximum absolute atomic E-state index is 10.4. The molecule has 1 unspecified atom stereocenters. The van der Waals surface area contributed by atoms with E-state index < -0.39 is 0 Å². The van der Waals surface area contributed by atoms with Gasteiger partial charge in [-0.2, -0.15) is 0 Å². The van der Waals surface area contributed by atoms with Crippen LogP contribution in [0.2, 0.25) is 0 Å². The van der Waals surface area contributed by atoms with E-state index in [1.165, 1.54) is 5.56 Å². The summed E-state index contributed by atoms with van der Waals surface area (Å²) in [5, 5.41) is 10.4. The van der Waals surface area contributed by atoms with E-state index in [4.69, 9.17) is 0 Å². The Morgan fingerprint density at radius 3 is 2.05 bits per heavy atom. The van der Waals surface area contributed by atoms with Gasteiger partial charge in [0.15, 0.2) is 0 Å². The molecule has 1 fully saturated rings. The van der Waals surface area contributed by atoms with Crippen LogP contribution >= 0.6 is 0 Å². The molecule has 1 aliphatic heterocycles. The predicted octanol–water partition coefficient (Wildman–Crippen LogP) is 3.17. The zero-order chi connectivity index (χ0) is 13.2.